The molecule has 2 aliphatic heterocycles. The quantitative estimate of drug-likeness (QED) is 0.593. The minimum absolute atomic E-state index is 0.791. The smallest absolute Gasteiger partial charge is 0.0738 e. The molecule has 2 heteroatoms. The largest absolute Gasteiger partial charge is 0.375 e. The number of hydrogen-bond acceptors (Lipinski definition) is 2. The molecule has 0 bridgehead atoms. The molecule has 0 aliphatic carbocycles. The highest BCUT2D eigenvalue weighted by Gasteiger charge is 2.23. The second kappa shape index (κ2) is 2.74. The van der Waals surface area contributed by atoms with Gasteiger partial charge in [0.25, 0.3) is 0 Å². The van der Waals surface area contributed by atoms with Gasteiger partial charge in [-0.2, -0.15) is 0 Å². The number of nitrogens with zero attached hydrogens (tertiary/aromatic N) is 1. The third kappa shape index (κ3) is 1.05. The third-order valence-electron chi connectivity index (χ3n) is 2.93. The Morgan fingerprint density at radius 1 is 1.15 bits per heavy atom. The first-order valence-corrected chi connectivity index (χ1v) is 4.88. The Kier molecular flexibility index (Phi) is 1.56. The van der Waals surface area contributed by atoms with Gasteiger partial charge < -0.3 is 9.64 Å². The Balaban J connectivity index is 2.16. The fourth-order valence-electron chi connectivity index (χ4n) is 2.32. The molecule has 2 nitrogen and oxygen atoms in total. The van der Waals surface area contributed by atoms with Crippen molar-refractivity contribution >= 4 is 5.69 Å². The van der Waals surface area contributed by atoms with Gasteiger partial charge in [-0.3, -0.25) is 0 Å². The van der Waals surface area contributed by atoms with E-state index in [2.05, 4.69) is 23.1 Å². The highest BCUT2D eigenvalue weighted by molar-refractivity contribution is 5.63. The second-order valence-electron chi connectivity index (χ2n) is 3.71. The number of hydrogen-bond donors (Lipinski definition) is 0. The molecule has 0 amide bonds. The summed E-state index contributed by atoms with van der Waals surface area (Å²) in [6, 6.07) is 6.57. The molecule has 3 rings (SSSR count). The molecular weight excluding hydrogens is 162 g/mol. The normalized spacial score (nSPS) is 19.8. The Hall–Kier alpha value is -1.02. The van der Waals surface area contributed by atoms with E-state index in [1.807, 2.05) is 0 Å². The lowest BCUT2D eigenvalue weighted by Crippen LogP contribution is -2.23. The molecule has 0 spiro atoms. The van der Waals surface area contributed by atoms with E-state index in [4.69, 9.17) is 4.74 Å². The van der Waals surface area contributed by atoms with Crippen molar-refractivity contribution in [3.63, 3.8) is 0 Å². The predicted molar refractivity (Wildman–Crippen MR) is 52.0 cm³/mol. The Morgan fingerprint density at radius 3 is 3.08 bits per heavy atom. The Morgan fingerprint density at radius 2 is 2.08 bits per heavy atom. The highest BCUT2D eigenvalue weighted by Crippen LogP contribution is 2.33. The summed E-state index contributed by atoms with van der Waals surface area (Å²) in [6.07, 6.45) is 1.21. The summed E-state index contributed by atoms with van der Waals surface area (Å²) in [4.78, 5) is 2.46. The number of anilines is 1. The van der Waals surface area contributed by atoms with Crippen molar-refractivity contribution < 1.29 is 4.74 Å². The summed E-state index contributed by atoms with van der Waals surface area (Å²) in [7, 11) is 0. The molecule has 0 fully saturated rings. The van der Waals surface area contributed by atoms with E-state index in [9.17, 15) is 0 Å². The maximum Gasteiger partial charge on any atom is 0.0738 e. The molecule has 13 heavy (non-hydrogen) atoms. The summed E-state index contributed by atoms with van der Waals surface area (Å²) < 4.78 is 5.54. The fourth-order valence-corrected chi connectivity index (χ4v) is 2.32. The van der Waals surface area contributed by atoms with Crippen molar-refractivity contribution in [3.8, 4) is 0 Å². The molecule has 0 atom stereocenters. The maximum atomic E-state index is 5.54. The van der Waals surface area contributed by atoms with E-state index in [0.717, 1.165) is 19.8 Å². The van der Waals surface area contributed by atoms with Gasteiger partial charge in [0.15, 0.2) is 0 Å². The first-order valence-electron chi connectivity index (χ1n) is 4.88. The molecule has 2 aliphatic rings. The monoisotopic (exact) mass is 175 g/mol. The van der Waals surface area contributed by atoms with Gasteiger partial charge in [-0.15, -0.1) is 0 Å². The van der Waals surface area contributed by atoms with Gasteiger partial charge in [0, 0.05) is 24.3 Å². The van der Waals surface area contributed by atoms with Gasteiger partial charge in [-0.1, -0.05) is 18.2 Å². The minimum atomic E-state index is 0.791. The molecule has 68 valence electrons. The van der Waals surface area contributed by atoms with Crippen LogP contribution in [0.3, 0.4) is 0 Å². The summed E-state index contributed by atoms with van der Waals surface area (Å²) in [5.74, 6) is 0. The molecule has 2 heterocycles. The Bertz CT molecular complexity index is 335. The molecule has 1 aromatic carbocycles. The summed E-state index contributed by atoms with van der Waals surface area (Å²) in [5, 5.41) is 0. The molecule has 0 radical (unpaired) electrons. The van der Waals surface area contributed by atoms with Crippen LogP contribution in [-0.4, -0.2) is 19.7 Å². The van der Waals surface area contributed by atoms with Crippen LogP contribution in [0.2, 0.25) is 0 Å². The highest BCUT2D eigenvalue weighted by atomic mass is 16.5. The van der Waals surface area contributed by atoms with Crippen molar-refractivity contribution in [2.24, 2.45) is 0 Å². The van der Waals surface area contributed by atoms with E-state index in [0.29, 0.717) is 0 Å². The molecule has 0 saturated heterocycles. The van der Waals surface area contributed by atoms with Crippen LogP contribution >= 0.6 is 0 Å². The van der Waals surface area contributed by atoms with Crippen molar-refractivity contribution in [1.82, 2.24) is 0 Å². The lowest BCUT2D eigenvalue weighted by molar-refractivity contribution is 0.132. The zero-order valence-corrected chi connectivity index (χ0v) is 7.62. The zero-order chi connectivity index (χ0) is 8.67. The van der Waals surface area contributed by atoms with Gasteiger partial charge in [-0.05, 0) is 12.0 Å². The van der Waals surface area contributed by atoms with Gasteiger partial charge in [0.1, 0.15) is 0 Å². The average Bonchev–Trinajstić information content (AvgIpc) is 2.44. The lowest BCUT2D eigenvalue weighted by Gasteiger charge is -2.17. The van der Waals surface area contributed by atoms with Gasteiger partial charge in [-0.25, -0.2) is 0 Å². The fraction of sp³-hybridized carbons (Fsp3) is 0.455. The van der Waals surface area contributed by atoms with Crippen LogP contribution in [0.1, 0.15) is 11.1 Å². The molecular formula is C11H13NO. The number of ether oxygens (including phenoxy) is 1. The summed E-state index contributed by atoms with van der Waals surface area (Å²) >= 11 is 0. The van der Waals surface area contributed by atoms with Crippen LogP contribution in [0.5, 0.6) is 0 Å². The van der Waals surface area contributed by atoms with Crippen LogP contribution in [-0.2, 0) is 17.8 Å². The number of rotatable bonds is 0. The van der Waals surface area contributed by atoms with E-state index in [1.54, 1.807) is 0 Å². The van der Waals surface area contributed by atoms with Crippen LogP contribution in [0.15, 0.2) is 18.2 Å². The molecule has 0 unspecified atom stereocenters. The Labute approximate surface area is 78.1 Å². The van der Waals surface area contributed by atoms with E-state index < -0.39 is 0 Å². The standard InChI is InChI=1S/C11H13NO/c1-2-9-4-5-12-6-7-13-8-10(3-1)11(9)12/h1-3H,4-8H2. The van der Waals surface area contributed by atoms with E-state index in [1.165, 1.54) is 29.8 Å². The van der Waals surface area contributed by atoms with Crippen molar-refractivity contribution in [1.29, 1.82) is 0 Å². The lowest BCUT2D eigenvalue weighted by atomic mass is 10.1. The second-order valence-corrected chi connectivity index (χ2v) is 3.71. The summed E-state index contributed by atoms with van der Waals surface area (Å²) in [6.45, 7) is 3.90. The van der Waals surface area contributed by atoms with Crippen LogP contribution in [0.4, 0.5) is 5.69 Å². The molecule has 0 saturated carbocycles. The molecule has 0 aromatic heterocycles. The molecule has 0 N–H and O–H groups in total. The summed E-state index contributed by atoms with van der Waals surface area (Å²) in [5.41, 5.74) is 4.33. The third-order valence-corrected chi connectivity index (χ3v) is 2.93. The van der Waals surface area contributed by atoms with E-state index in [-0.39, 0.29) is 0 Å². The van der Waals surface area contributed by atoms with Gasteiger partial charge in [0.05, 0.1) is 13.2 Å². The van der Waals surface area contributed by atoms with Crippen molar-refractivity contribution in [3.05, 3.63) is 29.3 Å². The number of para-hydroxylation sites is 1. The van der Waals surface area contributed by atoms with Gasteiger partial charge >= 0.3 is 0 Å². The van der Waals surface area contributed by atoms with E-state index >= 15 is 0 Å². The first kappa shape index (κ1) is 7.39. The van der Waals surface area contributed by atoms with Crippen LogP contribution < -0.4 is 4.90 Å². The van der Waals surface area contributed by atoms with Gasteiger partial charge in [0.2, 0.25) is 0 Å². The van der Waals surface area contributed by atoms with Crippen LogP contribution in [0, 0.1) is 0 Å². The maximum absolute atomic E-state index is 5.54. The predicted octanol–water partition coefficient (Wildman–Crippen LogP) is 1.58. The zero-order valence-electron chi connectivity index (χ0n) is 7.62. The average molecular weight is 175 g/mol. The topological polar surface area (TPSA) is 12.5 Å². The number of benzene rings is 1. The van der Waals surface area contributed by atoms with Crippen LogP contribution in [0.25, 0.3) is 0 Å². The minimum Gasteiger partial charge on any atom is -0.375 e. The first-order chi connectivity index (χ1) is 6.45. The SMILES string of the molecule is c1cc2c3c(c1)COCCN3CC2. The van der Waals surface area contributed by atoms with Crippen molar-refractivity contribution in [2.45, 2.75) is 13.0 Å². The van der Waals surface area contributed by atoms with Crippen molar-refractivity contribution in [2.75, 3.05) is 24.6 Å². The molecule has 1 aromatic rings.